The predicted molar refractivity (Wildman–Crippen MR) is 94.0 cm³/mol. The highest BCUT2D eigenvalue weighted by Gasteiger charge is 2.68. The Kier molecular flexibility index (Phi) is 4.58. The normalized spacial score (nSPS) is 27.1. The highest BCUT2D eigenvalue weighted by Crippen LogP contribution is 2.64. The molecule has 0 N–H and O–H groups in total. The van der Waals surface area contributed by atoms with Gasteiger partial charge < -0.3 is 4.90 Å². The number of halogens is 3. The fraction of sp³-hybridized carbons (Fsp3) is 0.533. The van der Waals surface area contributed by atoms with E-state index in [-0.39, 0.29) is 23.9 Å². The minimum absolute atomic E-state index is 0.118. The Hall–Kier alpha value is -0.530. The molecule has 1 saturated heterocycles. The van der Waals surface area contributed by atoms with Crippen molar-refractivity contribution in [2.45, 2.75) is 22.6 Å². The van der Waals surface area contributed by atoms with Crippen LogP contribution in [0.2, 0.25) is 5.02 Å². The number of benzene rings is 1. The molecule has 1 aromatic carbocycles. The molecule has 1 unspecified atom stereocenters. The van der Waals surface area contributed by atoms with Gasteiger partial charge in [-0.05, 0) is 31.5 Å². The fourth-order valence-corrected chi connectivity index (χ4v) is 5.31. The lowest BCUT2D eigenvalue weighted by molar-refractivity contribution is -0.137. The zero-order chi connectivity index (χ0) is 17.8. The Morgan fingerprint density at radius 3 is 2.25 bits per heavy atom. The van der Waals surface area contributed by atoms with E-state index in [1.165, 1.54) is 16.4 Å². The fourth-order valence-electron chi connectivity index (χ4n) is 2.89. The van der Waals surface area contributed by atoms with E-state index in [9.17, 15) is 13.2 Å². The van der Waals surface area contributed by atoms with Gasteiger partial charge in [0.15, 0.2) is 0 Å². The van der Waals surface area contributed by atoms with E-state index in [1.807, 2.05) is 0 Å². The molecule has 2 aliphatic rings. The summed E-state index contributed by atoms with van der Waals surface area (Å²) in [6.07, 6.45) is 0.420. The van der Waals surface area contributed by atoms with Crippen molar-refractivity contribution >= 4 is 50.7 Å². The SMILES string of the molecule is CC1(C(=O)N2CCN(S(=O)(=O)c3cccc(Cl)c3)CC2)CC1(Cl)Cl. The summed E-state index contributed by atoms with van der Waals surface area (Å²) in [5.74, 6) is -0.118. The third-order valence-corrected chi connectivity index (χ3v) is 7.92. The summed E-state index contributed by atoms with van der Waals surface area (Å²) in [6, 6.07) is 6.16. The molecule has 1 heterocycles. The highest BCUT2D eigenvalue weighted by atomic mass is 35.5. The van der Waals surface area contributed by atoms with Gasteiger partial charge in [0.25, 0.3) is 0 Å². The summed E-state index contributed by atoms with van der Waals surface area (Å²) >= 11 is 18.0. The van der Waals surface area contributed by atoms with Crippen LogP contribution in [0.4, 0.5) is 0 Å². The summed E-state index contributed by atoms with van der Waals surface area (Å²) < 4.78 is 25.6. The maximum atomic E-state index is 12.6. The number of rotatable bonds is 3. The van der Waals surface area contributed by atoms with E-state index in [2.05, 4.69) is 0 Å². The molecule has 1 aliphatic carbocycles. The largest absolute Gasteiger partial charge is 0.339 e. The number of piperazine rings is 1. The van der Waals surface area contributed by atoms with Gasteiger partial charge in [-0.1, -0.05) is 17.7 Å². The molecule has 3 rings (SSSR count). The minimum atomic E-state index is -3.62. The molecule has 1 aliphatic heterocycles. The van der Waals surface area contributed by atoms with E-state index >= 15 is 0 Å². The zero-order valence-electron chi connectivity index (χ0n) is 13.0. The maximum absolute atomic E-state index is 12.6. The van der Waals surface area contributed by atoms with E-state index in [0.29, 0.717) is 24.5 Å². The van der Waals surface area contributed by atoms with Crippen LogP contribution in [0.3, 0.4) is 0 Å². The molecule has 0 aromatic heterocycles. The van der Waals surface area contributed by atoms with Crippen LogP contribution in [0.5, 0.6) is 0 Å². The Balaban J connectivity index is 1.68. The molecule has 0 radical (unpaired) electrons. The van der Waals surface area contributed by atoms with Gasteiger partial charge in [-0.2, -0.15) is 4.31 Å². The summed E-state index contributed by atoms with van der Waals surface area (Å²) in [5, 5.41) is 0.368. The van der Waals surface area contributed by atoms with Gasteiger partial charge in [-0.15, -0.1) is 23.2 Å². The standard InChI is InChI=1S/C15H17Cl3N2O3S/c1-14(10-15(14,17)18)13(21)19-5-7-20(8-6-19)24(22,23)12-4-2-3-11(16)9-12/h2-4,9H,5-8,10H2,1H3. The molecule has 1 saturated carbocycles. The van der Waals surface area contributed by atoms with Gasteiger partial charge in [0, 0.05) is 31.2 Å². The molecule has 1 amide bonds. The van der Waals surface area contributed by atoms with Crippen LogP contribution in [0.1, 0.15) is 13.3 Å². The molecule has 0 spiro atoms. The summed E-state index contributed by atoms with van der Waals surface area (Å²) in [4.78, 5) is 14.3. The first-order chi connectivity index (χ1) is 11.1. The van der Waals surface area contributed by atoms with Crippen LogP contribution >= 0.6 is 34.8 Å². The van der Waals surface area contributed by atoms with Crippen molar-refractivity contribution in [1.82, 2.24) is 9.21 Å². The number of carbonyl (C=O) groups excluding carboxylic acids is 1. The molecular formula is C15H17Cl3N2O3S. The van der Waals surface area contributed by atoms with Crippen molar-refractivity contribution < 1.29 is 13.2 Å². The predicted octanol–water partition coefficient (Wildman–Crippen LogP) is 2.76. The van der Waals surface area contributed by atoms with E-state index in [4.69, 9.17) is 34.8 Å². The lowest BCUT2D eigenvalue weighted by atomic mass is 10.1. The number of carbonyl (C=O) groups is 1. The minimum Gasteiger partial charge on any atom is -0.339 e. The van der Waals surface area contributed by atoms with Crippen LogP contribution in [0, 0.1) is 5.41 Å². The second-order valence-corrected chi connectivity index (χ2v) is 10.2. The number of sulfonamides is 1. The van der Waals surface area contributed by atoms with Gasteiger partial charge >= 0.3 is 0 Å². The number of hydrogen-bond donors (Lipinski definition) is 0. The highest BCUT2D eigenvalue weighted by molar-refractivity contribution is 7.89. The lowest BCUT2D eigenvalue weighted by Crippen LogP contribution is -2.52. The molecule has 1 aromatic rings. The first kappa shape index (κ1) is 18.3. The van der Waals surface area contributed by atoms with E-state index in [0.717, 1.165) is 0 Å². The maximum Gasteiger partial charge on any atom is 0.243 e. The Morgan fingerprint density at radius 1 is 1.17 bits per heavy atom. The number of alkyl halides is 2. The lowest BCUT2D eigenvalue weighted by Gasteiger charge is -2.35. The summed E-state index contributed by atoms with van der Waals surface area (Å²) in [6.45, 7) is 2.84. The molecule has 5 nitrogen and oxygen atoms in total. The molecule has 2 fully saturated rings. The smallest absolute Gasteiger partial charge is 0.243 e. The average molecular weight is 412 g/mol. The van der Waals surface area contributed by atoms with Crippen LogP contribution in [-0.4, -0.2) is 54.0 Å². The number of hydrogen-bond acceptors (Lipinski definition) is 3. The Bertz CT molecular complexity index is 776. The second kappa shape index (κ2) is 6.02. The monoisotopic (exact) mass is 410 g/mol. The van der Waals surface area contributed by atoms with Crippen molar-refractivity contribution in [1.29, 1.82) is 0 Å². The Labute approximate surface area is 156 Å². The summed E-state index contributed by atoms with van der Waals surface area (Å²) in [7, 11) is -3.62. The quantitative estimate of drug-likeness (QED) is 0.719. The van der Waals surface area contributed by atoms with Crippen LogP contribution in [0.15, 0.2) is 29.2 Å². The van der Waals surface area contributed by atoms with Gasteiger partial charge in [0.1, 0.15) is 4.33 Å². The average Bonchev–Trinajstić information content (AvgIpc) is 3.06. The molecule has 0 bridgehead atoms. The van der Waals surface area contributed by atoms with Gasteiger partial charge in [0.05, 0.1) is 10.3 Å². The molecule has 1 atom stereocenters. The third kappa shape index (κ3) is 3.03. The molecule has 24 heavy (non-hydrogen) atoms. The van der Waals surface area contributed by atoms with Crippen LogP contribution < -0.4 is 0 Å². The van der Waals surface area contributed by atoms with Gasteiger partial charge in [-0.25, -0.2) is 8.42 Å². The first-order valence-corrected chi connectivity index (χ1v) is 10.1. The molecular weight excluding hydrogens is 395 g/mol. The van der Waals surface area contributed by atoms with Crippen molar-refractivity contribution in [2.24, 2.45) is 5.41 Å². The van der Waals surface area contributed by atoms with Gasteiger partial charge in [-0.3, -0.25) is 4.79 Å². The van der Waals surface area contributed by atoms with Crippen molar-refractivity contribution in [3.8, 4) is 0 Å². The number of amides is 1. The van der Waals surface area contributed by atoms with Crippen molar-refractivity contribution in [3.63, 3.8) is 0 Å². The van der Waals surface area contributed by atoms with E-state index < -0.39 is 19.8 Å². The Morgan fingerprint density at radius 2 is 1.75 bits per heavy atom. The van der Waals surface area contributed by atoms with Crippen LogP contribution in [-0.2, 0) is 14.8 Å². The topological polar surface area (TPSA) is 57.7 Å². The third-order valence-electron chi connectivity index (χ3n) is 4.69. The van der Waals surface area contributed by atoms with Crippen molar-refractivity contribution in [2.75, 3.05) is 26.2 Å². The zero-order valence-corrected chi connectivity index (χ0v) is 16.1. The van der Waals surface area contributed by atoms with Crippen molar-refractivity contribution in [3.05, 3.63) is 29.3 Å². The molecule has 9 heteroatoms. The van der Waals surface area contributed by atoms with E-state index in [1.54, 1.807) is 24.0 Å². The molecule has 132 valence electrons. The van der Waals surface area contributed by atoms with Crippen LogP contribution in [0.25, 0.3) is 0 Å². The first-order valence-electron chi connectivity index (χ1n) is 7.51. The summed E-state index contributed by atoms with van der Waals surface area (Å²) in [5.41, 5.74) is -0.774. The number of nitrogens with zero attached hydrogens (tertiary/aromatic N) is 2. The van der Waals surface area contributed by atoms with Gasteiger partial charge in [0.2, 0.25) is 15.9 Å². The second-order valence-electron chi connectivity index (χ2n) is 6.37.